The lowest BCUT2D eigenvalue weighted by molar-refractivity contribution is -0.227. The highest BCUT2D eigenvalue weighted by Gasteiger charge is 2.60. The molecule has 7 atom stereocenters. The quantitative estimate of drug-likeness (QED) is 0.496. The van der Waals surface area contributed by atoms with E-state index in [4.69, 9.17) is 9.47 Å². The Bertz CT molecular complexity index is 889. The van der Waals surface area contributed by atoms with E-state index >= 15 is 0 Å². The van der Waals surface area contributed by atoms with Gasteiger partial charge in [0.25, 0.3) is 0 Å². The highest BCUT2D eigenvalue weighted by Crippen LogP contribution is 2.58. The predicted octanol–water partition coefficient (Wildman–Crippen LogP) is 5.96. The summed E-state index contributed by atoms with van der Waals surface area (Å²) in [6.45, 7) is 18.6. The summed E-state index contributed by atoms with van der Waals surface area (Å²) in [5.74, 6) is 0.611. The molecule has 2 aliphatic heterocycles. The number of rotatable bonds is 3. The number of ether oxygens (including phenoxy) is 2. The van der Waals surface area contributed by atoms with Crippen LogP contribution in [0.5, 0.6) is 0 Å². The molecule has 0 spiro atoms. The van der Waals surface area contributed by atoms with Crippen LogP contribution in [0.2, 0.25) is 0 Å². The average molecular weight is 489 g/mol. The molecule has 5 nitrogen and oxygen atoms in total. The van der Waals surface area contributed by atoms with Gasteiger partial charge in [-0.25, -0.2) is 0 Å². The minimum Gasteiger partial charge on any atom is -0.389 e. The molecule has 0 aromatic rings. The molecule has 2 saturated carbocycles. The van der Waals surface area contributed by atoms with E-state index < -0.39 is 22.2 Å². The van der Waals surface area contributed by atoms with Crippen LogP contribution in [0.4, 0.5) is 0 Å². The lowest BCUT2D eigenvalue weighted by Gasteiger charge is -2.57. The van der Waals surface area contributed by atoms with E-state index in [9.17, 15) is 14.7 Å². The molecule has 1 N–H and O–H groups in total. The molecule has 0 radical (unpaired) electrons. The van der Waals surface area contributed by atoms with E-state index in [0.29, 0.717) is 25.7 Å². The maximum absolute atomic E-state index is 12.8. The van der Waals surface area contributed by atoms with Crippen LogP contribution in [-0.2, 0) is 19.1 Å². The van der Waals surface area contributed by atoms with Gasteiger partial charge in [-0.2, -0.15) is 0 Å². The van der Waals surface area contributed by atoms with Gasteiger partial charge in [0, 0.05) is 23.7 Å². The van der Waals surface area contributed by atoms with Gasteiger partial charge >= 0.3 is 0 Å². The van der Waals surface area contributed by atoms with Crippen molar-refractivity contribution in [3.63, 3.8) is 0 Å². The first-order chi connectivity index (χ1) is 16.1. The molecule has 0 amide bonds. The van der Waals surface area contributed by atoms with Crippen molar-refractivity contribution in [3.05, 3.63) is 12.2 Å². The number of aliphatic hydroxyl groups is 1. The maximum atomic E-state index is 12.8. The van der Waals surface area contributed by atoms with Crippen LogP contribution in [0.3, 0.4) is 0 Å². The van der Waals surface area contributed by atoms with E-state index in [1.54, 1.807) is 0 Å². The Balaban J connectivity index is 1.62. The van der Waals surface area contributed by atoms with Crippen LogP contribution < -0.4 is 0 Å². The zero-order chi connectivity index (χ0) is 26.0. The molecule has 0 unspecified atom stereocenters. The normalized spacial score (nSPS) is 45.8. The lowest BCUT2D eigenvalue weighted by atomic mass is 9.53. The molecule has 0 aromatic heterocycles. The Hall–Kier alpha value is -1.04. The second-order valence-corrected chi connectivity index (χ2v) is 13.7. The fourth-order valence-electron chi connectivity index (χ4n) is 8.04. The number of fused-ring (bicyclic) bond motifs is 2. The van der Waals surface area contributed by atoms with Crippen molar-refractivity contribution in [1.82, 2.24) is 0 Å². The van der Waals surface area contributed by atoms with Gasteiger partial charge in [-0.15, -0.1) is 0 Å². The maximum Gasteiger partial charge on any atom is 0.164 e. The number of carbonyl (C=O) groups is 2. The number of Topliss-reactive ketones (excluding diaryl/α,β-unsaturated/α-hetero) is 2. The lowest BCUT2D eigenvalue weighted by Crippen LogP contribution is -2.61. The average Bonchev–Trinajstić information content (AvgIpc) is 2.92. The molecule has 2 aliphatic carbocycles. The third-order valence-corrected chi connectivity index (χ3v) is 10.9. The van der Waals surface area contributed by atoms with E-state index in [1.165, 1.54) is 5.57 Å². The Morgan fingerprint density at radius 1 is 0.857 bits per heavy atom. The van der Waals surface area contributed by atoms with Crippen LogP contribution in [0.15, 0.2) is 12.2 Å². The highest BCUT2D eigenvalue weighted by atomic mass is 16.5. The molecule has 0 aromatic carbocycles. The summed E-state index contributed by atoms with van der Waals surface area (Å²) in [6.07, 6.45) is 7.29. The molecule has 35 heavy (non-hydrogen) atoms. The fraction of sp³-hybridized carbons (Fsp3) is 0.867. The first-order valence-electron chi connectivity index (χ1n) is 13.9. The minimum atomic E-state index is -0.930. The molecule has 4 fully saturated rings. The van der Waals surface area contributed by atoms with Crippen LogP contribution in [0.25, 0.3) is 0 Å². The van der Waals surface area contributed by atoms with Crippen molar-refractivity contribution >= 4 is 11.6 Å². The monoisotopic (exact) mass is 488 g/mol. The summed E-state index contributed by atoms with van der Waals surface area (Å²) in [6, 6.07) is 0. The van der Waals surface area contributed by atoms with Gasteiger partial charge < -0.3 is 14.6 Å². The van der Waals surface area contributed by atoms with Crippen molar-refractivity contribution < 1.29 is 24.2 Å². The molecule has 4 rings (SSSR count). The van der Waals surface area contributed by atoms with Gasteiger partial charge in [0.05, 0.1) is 17.8 Å². The smallest absolute Gasteiger partial charge is 0.164 e. The van der Waals surface area contributed by atoms with E-state index in [2.05, 4.69) is 27.4 Å². The number of hydrogen-bond donors (Lipinski definition) is 1. The number of allylic oxidation sites excluding steroid dienone is 1. The Labute approximate surface area is 212 Å². The third kappa shape index (κ3) is 4.28. The molecule has 198 valence electrons. The first-order valence-corrected chi connectivity index (χ1v) is 13.9. The van der Waals surface area contributed by atoms with Gasteiger partial charge in [0.15, 0.2) is 11.6 Å². The third-order valence-electron chi connectivity index (χ3n) is 10.9. The molecule has 2 saturated heterocycles. The van der Waals surface area contributed by atoms with Crippen LogP contribution in [0, 0.1) is 22.7 Å². The number of carbonyl (C=O) groups excluding carboxylic acids is 2. The van der Waals surface area contributed by atoms with Crippen LogP contribution >= 0.6 is 0 Å². The van der Waals surface area contributed by atoms with Crippen molar-refractivity contribution in [2.45, 2.75) is 142 Å². The van der Waals surface area contributed by atoms with E-state index in [1.807, 2.05) is 27.7 Å². The first kappa shape index (κ1) is 27.0. The summed E-state index contributed by atoms with van der Waals surface area (Å²) < 4.78 is 12.9. The van der Waals surface area contributed by atoms with Crippen molar-refractivity contribution in [2.75, 3.05) is 0 Å². The second kappa shape index (κ2) is 8.77. The highest BCUT2D eigenvalue weighted by molar-refractivity contribution is 5.87. The molecular weight excluding hydrogens is 440 g/mol. The van der Waals surface area contributed by atoms with Crippen LogP contribution in [0.1, 0.15) is 113 Å². The molecular formula is C30H48O5. The fourth-order valence-corrected chi connectivity index (χ4v) is 8.04. The summed E-state index contributed by atoms with van der Waals surface area (Å²) >= 11 is 0. The topological polar surface area (TPSA) is 72.8 Å². The summed E-state index contributed by atoms with van der Waals surface area (Å²) in [4.78, 5) is 25.6. The zero-order valence-corrected chi connectivity index (χ0v) is 23.2. The van der Waals surface area contributed by atoms with Gasteiger partial charge in [-0.05, 0) is 90.9 Å². The SMILES string of the molecule is C=C1CC[C@@H]2OC(C)(C)C(=O)CC[C@@]2(C)[C@@H]1CC[C@]1(O)[C@@H](C)CC[C@@H]2OC(C)(C)C(=O)CC[C@]21C. The standard InChI is InChI=1S/C30H48O5/c1-19-9-11-24-28(7,16-14-22(31)26(3,4)34-24)21(19)13-18-30(33)20(2)10-12-25-29(30,8)17-15-23(32)27(5,6)35-25/h20-21,24-25,33H,1,9-18H2,2-8H3/t20-,21+,24-,25-,28-,29+,30-/m0/s1. The number of hydrogen-bond acceptors (Lipinski definition) is 5. The predicted molar refractivity (Wildman–Crippen MR) is 137 cm³/mol. The van der Waals surface area contributed by atoms with E-state index in [0.717, 1.165) is 38.5 Å². The summed E-state index contributed by atoms with van der Waals surface area (Å²) in [7, 11) is 0. The second-order valence-electron chi connectivity index (χ2n) is 13.7. The van der Waals surface area contributed by atoms with Crippen molar-refractivity contribution in [2.24, 2.45) is 22.7 Å². The Morgan fingerprint density at radius 3 is 2.06 bits per heavy atom. The molecule has 0 bridgehead atoms. The summed E-state index contributed by atoms with van der Waals surface area (Å²) in [5, 5.41) is 12.4. The molecule has 5 heteroatoms. The van der Waals surface area contributed by atoms with Crippen molar-refractivity contribution in [1.29, 1.82) is 0 Å². The number of ketones is 2. The Kier molecular flexibility index (Phi) is 6.77. The molecule has 2 heterocycles. The van der Waals surface area contributed by atoms with Gasteiger partial charge in [0.2, 0.25) is 0 Å². The van der Waals surface area contributed by atoms with E-state index in [-0.39, 0.29) is 41.0 Å². The molecule has 4 aliphatic rings. The minimum absolute atomic E-state index is 0.0147. The Morgan fingerprint density at radius 2 is 1.43 bits per heavy atom. The zero-order valence-electron chi connectivity index (χ0n) is 23.2. The van der Waals surface area contributed by atoms with Crippen molar-refractivity contribution in [3.8, 4) is 0 Å². The van der Waals surface area contributed by atoms with Crippen LogP contribution in [-0.4, -0.2) is 45.7 Å². The largest absolute Gasteiger partial charge is 0.389 e. The summed E-state index contributed by atoms with van der Waals surface area (Å²) in [5.41, 5.74) is -1.92. The van der Waals surface area contributed by atoms with Gasteiger partial charge in [-0.3, -0.25) is 9.59 Å². The van der Waals surface area contributed by atoms with Gasteiger partial charge in [-0.1, -0.05) is 32.9 Å². The van der Waals surface area contributed by atoms with Gasteiger partial charge in [0.1, 0.15) is 11.2 Å².